The number of aromatic nitrogens is 3. The number of rotatable bonds is 4. The molecule has 0 unspecified atom stereocenters. The van der Waals surface area contributed by atoms with Gasteiger partial charge in [-0.05, 0) is 24.6 Å². The minimum atomic E-state index is -0.254. The van der Waals surface area contributed by atoms with Crippen molar-refractivity contribution >= 4 is 27.7 Å². The zero-order chi connectivity index (χ0) is 16.4. The molecule has 1 aromatic heterocycles. The van der Waals surface area contributed by atoms with Crippen LogP contribution in [0, 0.1) is 12.3 Å². The summed E-state index contributed by atoms with van der Waals surface area (Å²) in [6.45, 7) is 8.31. The van der Waals surface area contributed by atoms with E-state index in [0.29, 0.717) is 19.8 Å². The largest absolute Gasteiger partial charge is 0.350 e. The van der Waals surface area contributed by atoms with Crippen molar-refractivity contribution in [2.75, 3.05) is 13.2 Å². The lowest BCUT2D eigenvalue weighted by Gasteiger charge is -2.34. The van der Waals surface area contributed by atoms with E-state index in [-0.39, 0.29) is 11.7 Å². The van der Waals surface area contributed by atoms with Gasteiger partial charge < -0.3 is 9.47 Å². The van der Waals surface area contributed by atoms with Crippen molar-refractivity contribution in [3.8, 4) is 0 Å². The molecule has 0 amide bonds. The fraction of sp³-hybridized carbons (Fsp3) is 0.500. The summed E-state index contributed by atoms with van der Waals surface area (Å²) in [7, 11) is 0. The maximum Gasteiger partial charge on any atom is 0.177 e. The molecule has 0 atom stereocenters. The minimum Gasteiger partial charge on any atom is -0.350 e. The average molecular weight is 398 g/mol. The van der Waals surface area contributed by atoms with Crippen molar-refractivity contribution in [3.63, 3.8) is 0 Å². The molecule has 0 spiro atoms. The van der Waals surface area contributed by atoms with Gasteiger partial charge in [-0.2, -0.15) is 0 Å². The van der Waals surface area contributed by atoms with E-state index in [4.69, 9.17) is 9.47 Å². The van der Waals surface area contributed by atoms with E-state index in [1.807, 2.05) is 12.3 Å². The van der Waals surface area contributed by atoms with E-state index >= 15 is 0 Å². The van der Waals surface area contributed by atoms with Gasteiger partial charge in [-0.1, -0.05) is 52.8 Å². The quantitative estimate of drug-likeness (QED) is 0.782. The van der Waals surface area contributed by atoms with Gasteiger partial charge in [0, 0.05) is 14.8 Å². The molecule has 0 aliphatic carbocycles. The molecule has 3 rings (SSSR count). The van der Waals surface area contributed by atoms with Crippen molar-refractivity contribution in [1.29, 1.82) is 0 Å². The van der Waals surface area contributed by atoms with Crippen LogP contribution in [-0.4, -0.2) is 34.5 Å². The highest BCUT2D eigenvalue weighted by atomic mass is 79.9. The van der Waals surface area contributed by atoms with Crippen LogP contribution >= 0.6 is 27.7 Å². The Morgan fingerprint density at radius 1 is 1.35 bits per heavy atom. The SMILES string of the molecule is Cc1ccc(Br)cc1Sc1cn(CC2OCC(C)(C)CO2)nn1. The Morgan fingerprint density at radius 2 is 2.09 bits per heavy atom. The number of hydrogen-bond donors (Lipinski definition) is 0. The molecule has 0 saturated carbocycles. The van der Waals surface area contributed by atoms with Crippen molar-refractivity contribution in [2.24, 2.45) is 5.41 Å². The first-order valence-electron chi connectivity index (χ1n) is 7.49. The second-order valence-electron chi connectivity index (χ2n) is 6.51. The summed E-state index contributed by atoms with van der Waals surface area (Å²) in [6, 6.07) is 6.21. The third-order valence-corrected chi connectivity index (χ3v) is 5.09. The molecule has 1 aliphatic heterocycles. The van der Waals surface area contributed by atoms with Crippen LogP contribution in [0.2, 0.25) is 0 Å². The van der Waals surface area contributed by atoms with Gasteiger partial charge >= 0.3 is 0 Å². The Hall–Kier alpha value is -0.890. The third-order valence-electron chi connectivity index (χ3n) is 3.54. The number of ether oxygens (including phenoxy) is 2. The lowest BCUT2D eigenvalue weighted by molar-refractivity contribution is -0.227. The van der Waals surface area contributed by atoms with Crippen LogP contribution < -0.4 is 0 Å². The second-order valence-corrected chi connectivity index (χ2v) is 8.48. The van der Waals surface area contributed by atoms with Crippen LogP contribution in [0.1, 0.15) is 19.4 Å². The number of benzene rings is 1. The lowest BCUT2D eigenvalue weighted by atomic mass is 9.96. The van der Waals surface area contributed by atoms with E-state index in [0.717, 1.165) is 9.50 Å². The highest BCUT2D eigenvalue weighted by molar-refractivity contribution is 9.10. The maximum atomic E-state index is 5.74. The van der Waals surface area contributed by atoms with Crippen LogP contribution in [0.4, 0.5) is 0 Å². The van der Waals surface area contributed by atoms with Gasteiger partial charge in [-0.25, -0.2) is 4.68 Å². The van der Waals surface area contributed by atoms with Crippen LogP contribution in [0.3, 0.4) is 0 Å². The molecule has 7 heteroatoms. The molecule has 1 aromatic carbocycles. The fourth-order valence-corrected chi connectivity index (χ4v) is 3.60. The zero-order valence-electron chi connectivity index (χ0n) is 13.5. The van der Waals surface area contributed by atoms with Gasteiger partial charge in [0.25, 0.3) is 0 Å². The Labute approximate surface area is 148 Å². The summed E-state index contributed by atoms with van der Waals surface area (Å²) >= 11 is 5.11. The summed E-state index contributed by atoms with van der Waals surface area (Å²) in [4.78, 5) is 1.17. The van der Waals surface area contributed by atoms with Crippen LogP contribution in [0.25, 0.3) is 0 Å². The maximum absolute atomic E-state index is 5.74. The summed E-state index contributed by atoms with van der Waals surface area (Å²) in [6.07, 6.45) is 1.67. The second kappa shape index (κ2) is 6.93. The highest BCUT2D eigenvalue weighted by Crippen LogP contribution is 2.31. The van der Waals surface area contributed by atoms with Crippen LogP contribution in [-0.2, 0) is 16.0 Å². The normalized spacial score (nSPS) is 18.3. The molecular formula is C16H20BrN3O2S. The number of hydrogen-bond acceptors (Lipinski definition) is 5. The standard InChI is InChI=1S/C16H20BrN3O2S/c1-11-4-5-12(17)6-13(11)23-14-7-20(19-18-14)8-15-21-9-16(2,3)10-22-15/h4-7,15H,8-10H2,1-3H3. The Kier molecular flexibility index (Phi) is 5.10. The third kappa shape index (κ3) is 4.56. The van der Waals surface area contributed by atoms with Crippen LogP contribution in [0.5, 0.6) is 0 Å². The summed E-state index contributed by atoms with van der Waals surface area (Å²) in [5.74, 6) is 0. The molecule has 23 heavy (non-hydrogen) atoms. The average Bonchev–Trinajstić information content (AvgIpc) is 2.92. The molecule has 2 aromatic rings. The molecule has 1 saturated heterocycles. The molecule has 0 bridgehead atoms. The molecule has 1 fully saturated rings. The predicted octanol–water partition coefficient (Wildman–Crippen LogP) is 3.90. The van der Waals surface area contributed by atoms with E-state index in [2.05, 4.69) is 59.1 Å². The first-order chi connectivity index (χ1) is 10.9. The zero-order valence-corrected chi connectivity index (χ0v) is 15.9. The molecule has 2 heterocycles. The smallest absolute Gasteiger partial charge is 0.177 e. The topological polar surface area (TPSA) is 49.2 Å². The Balaban J connectivity index is 1.61. The molecule has 1 aliphatic rings. The number of nitrogens with zero attached hydrogens (tertiary/aromatic N) is 3. The Morgan fingerprint density at radius 3 is 2.83 bits per heavy atom. The first-order valence-corrected chi connectivity index (χ1v) is 9.10. The van der Waals surface area contributed by atoms with Gasteiger partial charge in [-0.15, -0.1) is 5.10 Å². The Bertz CT molecular complexity index is 680. The van der Waals surface area contributed by atoms with Crippen molar-refractivity contribution in [3.05, 3.63) is 34.4 Å². The van der Waals surface area contributed by atoms with Gasteiger partial charge in [0.1, 0.15) is 5.03 Å². The van der Waals surface area contributed by atoms with E-state index in [1.54, 1.807) is 16.4 Å². The van der Waals surface area contributed by atoms with Gasteiger partial charge in [0.05, 0.1) is 26.0 Å². The van der Waals surface area contributed by atoms with Crippen LogP contribution in [0.15, 0.2) is 38.8 Å². The van der Waals surface area contributed by atoms with Crippen molar-refractivity contribution < 1.29 is 9.47 Å². The molecule has 0 N–H and O–H groups in total. The molecule has 5 nitrogen and oxygen atoms in total. The van der Waals surface area contributed by atoms with E-state index in [1.165, 1.54) is 10.5 Å². The van der Waals surface area contributed by atoms with Gasteiger partial charge in [-0.3, -0.25) is 0 Å². The minimum absolute atomic E-state index is 0.0814. The fourth-order valence-electron chi connectivity index (χ4n) is 2.20. The molecule has 0 radical (unpaired) electrons. The molecular weight excluding hydrogens is 378 g/mol. The first kappa shape index (κ1) is 17.0. The summed E-state index contributed by atoms with van der Waals surface area (Å²) < 4.78 is 14.3. The molecule has 124 valence electrons. The predicted molar refractivity (Wildman–Crippen MR) is 92.5 cm³/mol. The van der Waals surface area contributed by atoms with E-state index in [9.17, 15) is 0 Å². The van der Waals surface area contributed by atoms with Gasteiger partial charge in [0.2, 0.25) is 0 Å². The van der Waals surface area contributed by atoms with Crippen molar-refractivity contribution in [2.45, 2.75) is 43.5 Å². The van der Waals surface area contributed by atoms with E-state index < -0.39 is 0 Å². The monoisotopic (exact) mass is 397 g/mol. The van der Waals surface area contributed by atoms with Gasteiger partial charge in [0.15, 0.2) is 6.29 Å². The highest BCUT2D eigenvalue weighted by Gasteiger charge is 2.28. The number of halogens is 1. The summed E-state index contributed by atoms with van der Waals surface area (Å²) in [5, 5.41) is 9.26. The van der Waals surface area contributed by atoms with Crippen molar-refractivity contribution in [1.82, 2.24) is 15.0 Å². The lowest BCUT2D eigenvalue weighted by Crippen LogP contribution is -2.39. The summed E-state index contributed by atoms with van der Waals surface area (Å²) in [5.41, 5.74) is 1.30. The number of aryl methyl sites for hydroxylation is 1.